The third-order valence-electron chi connectivity index (χ3n) is 9.06. The average Bonchev–Trinajstić information content (AvgIpc) is 3.10. The summed E-state index contributed by atoms with van der Waals surface area (Å²) in [6.45, 7) is 32.5. The van der Waals surface area contributed by atoms with Crippen molar-refractivity contribution < 1.29 is 13.3 Å². The summed E-state index contributed by atoms with van der Waals surface area (Å²) in [6, 6.07) is 31.7. The van der Waals surface area contributed by atoms with E-state index in [1.54, 1.807) is 0 Å². The van der Waals surface area contributed by atoms with Crippen LogP contribution in [0.4, 0.5) is 17.1 Å². The number of allylic oxidation sites excluding steroid dienone is 6. The van der Waals surface area contributed by atoms with Gasteiger partial charge in [-0.25, -0.2) is 0 Å². The molecule has 0 N–H and O–H groups in total. The fraction of sp³-hybridized carbons (Fsp3) is 0.286. The average molecular weight is 708 g/mol. The van der Waals surface area contributed by atoms with Gasteiger partial charge in [-0.3, -0.25) is 0 Å². The molecule has 0 bridgehead atoms. The lowest BCUT2D eigenvalue weighted by atomic mass is 10.2. The van der Waals surface area contributed by atoms with E-state index in [4.69, 9.17) is 13.3 Å². The highest BCUT2D eigenvalue weighted by Crippen LogP contribution is 2.35. The topological polar surface area (TPSA) is 30.9 Å². The molecule has 49 heavy (non-hydrogen) atoms. The first-order chi connectivity index (χ1) is 23.8. The maximum Gasteiger partial charge on any atom is 0.231 e. The highest BCUT2D eigenvalue weighted by atomic mass is 28.4. The van der Waals surface area contributed by atoms with Crippen molar-refractivity contribution in [2.45, 2.75) is 57.0 Å². The van der Waals surface area contributed by atoms with E-state index in [2.05, 4.69) is 138 Å². The molecular weight excluding hydrogens is 651 g/mol. The standard InChI is InChI=1S/C42H57NO3Si3/c1-10-31-47(32-11-2,44-16-7)40-25-19-37(20-26-40)43(38-21-27-41(28-22-38)48(33-12-3,34-13-4)45-17-8)39-23-29-42(30-24-39)49(35-14-5,36-15-6)46-18-9/h10-15,19-30H,1-6,16-18,31-36H2,7-9H3. The molecule has 0 amide bonds. The molecule has 7 heteroatoms. The first kappa shape index (κ1) is 39.9. The maximum atomic E-state index is 6.51. The summed E-state index contributed by atoms with van der Waals surface area (Å²) in [6.07, 6.45) is 11.9. The van der Waals surface area contributed by atoms with Crippen molar-refractivity contribution in [2.75, 3.05) is 24.7 Å². The van der Waals surface area contributed by atoms with Crippen LogP contribution in [0.3, 0.4) is 0 Å². The van der Waals surface area contributed by atoms with Crippen molar-refractivity contribution in [2.24, 2.45) is 0 Å². The van der Waals surface area contributed by atoms with E-state index in [-0.39, 0.29) is 0 Å². The van der Waals surface area contributed by atoms with Crippen LogP contribution in [0.1, 0.15) is 20.8 Å². The van der Waals surface area contributed by atoms with Crippen LogP contribution in [-0.2, 0) is 13.3 Å². The molecule has 0 unspecified atom stereocenters. The molecule has 0 saturated carbocycles. The molecule has 3 rings (SSSR count). The van der Waals surface area contributed by atoms with Crippen LogP contribution in [-0.4, -0.2) is 44.8 Å². The molecule has 0 radical (unpaired) electrons. The predicted molar refractivity (Wildman–Crippen MR) is 222 cm³/mol. The van der Waals surface area contributed by atoms with Crippen molar-refractivity contribution in [3.63, 3.8) is 0 Å². The van der Waals surface area contributed by atoms with Crippen molar-refractivity contribution in [1.82, 2.24) is 0 Å². The Morgan fingerprint density at radius 2 is 0.612 bits per heavy atom. The Labute approximate surface area is 300 Å². The predicted octanol–water partition coefficient (Wildman–Crippen LogP) is 9.84. The van der Waals surface area contributed by atoms with Crippen molar-refractivity contribution >= 4 is 57.6 Å². The van der Waals surface area contributed by atoms with E-state index in [1.165, 1.54) is 15.6 Å². The zero-order valence-electron chi connectivity index (χ0n) is 30.2. The van der Waals surface area contributed by atoms with Crippen molar-refractivity contribution in [1.29, 1.82) is 0 Å². The van der Waals surface area contributed by atoms with Gasteiger partial charge in [-0.2, -0.15) is 0 Å². The lowest BCUT2D eigenvalue weighted by Gasteiger charge is -2.32. The molecule has 3 aromatic rings. The van der Waals surface area contributed by atoms with Gasteiger partial charge in [-0.15, -0.1) is 39.5 Å². The molecule has 260 valence electrons. The first-order valence-corrected chi connectivity index (χ1v) is 24.5. The number of nitrogens with zero attached hydrogens (tertiary/aromatic N) is 1. The quantitative estimate of drug-likeness (QED) is 0.0685. The molecule has 0 fully saturated rings. The van der Waals surface area contributed by atoms with E-state index in [0.29, 0.717) is 19.8 Å². The minimum atomic E-state index is -2.30. The van der Waals surface area contributed by atoms with Gasteiger partial charge in [0, 0.05) is 36.9 Å². The second-order valence-electron chi connectivity index (χ2n) is 12.2. The van der Waals surface area contributed by atoms with E-state index >= 15 is 0 Å². The second kappa shape index (κ2) is 19.6. The van der Waals surface area contributed by atoms with Crippen LogP contribution >= 0.6 is 0 Å². The summed E-state index contributed by atoms with van der Waals surface area (Å²) in [5.41, 5.74) is 3.20. The zero-order valence-corrected chi connectivity index (χ0v) is 33.2. The van der Waals surface area contributed by atoms with Gasteiger partial charge >= 0.3 is 0 Å². The fourth-order valence-corrected chi connectivity index (χ4v) is 16.9. The zero-order chi connectivity index (χ0) is 35.8. The van der Waals surface area contributed by atoms with E-state index in [1.807, 2.05) is 36.5 Å². The molecule has 4 nitrogen and oxygen atoms in total. The monoisotopic (exact) mass is 707 g/mol. The molecule has 0 aliphatic heterocycles. The molecule has 0 spiro atoms. The number of rotatable bonds is 24. The third kappa shape index (κ3) is 9.36. The van der Waals surface area contributed by atoms with E-state index in [9.17, 15) is 0 Å². The number of benzene rings is 3. The van der Waals surface area contributed by atoms with Crippen LogP contribution in [0.2, 0.25) is 36.3 Å². The Balaban J connectivity index is 2.20. The molecule has 0 aromatic heterocycles. The first-order valence-electron chi connectivity index (χ1n) is 17.5. The van der Waals surface area contributed by atoms with Gasteiger partial charge in [0.15, 0.2) is 0 Å². The summed E-state index contributed by atoms with van der Waals surface area (Å²) in [5, 5.41) is 3.73. The van der Waals surface area contributed by atoms with E-state index < -0.39 is 25.0 Å². The maximum absolute atomic E-state index is 6.51. The second-order valence-corrected chi connectivity index (χ2v) is 23.2. The minimum absolute atomic E-state index is 0.662. The van der Waals surface area contributed by atoms with Gasteiger partial charge in [0.25, 0.3) is 0 Å². The van der Waals surface area contributed by atoms with Crippen LogP contribution in [0.15, 0.2) is 149 Å². The molecule has 3 aromatic carbocycles. The summed E-state index contributed by atoms with van der Waals surface area (Å²) in [5.74, 6) is 0. The highest BCUT2D eigenvalue weighted by molar-refractivity contribution is 6.88. The minimum Gasteiger partial charge on any atom is -0.412 e. The van der Waals surface area contributed by atoms with Gasteiger partial charge in [0.05, 0.1) is 0 Å². The van der Waals surface area contributed by atoms with Crippen LogP contribution in [0, 0.1) is 0 Å². The fourth-order valence-electron chi connectivity index (χ4n) is 6.98. The molecule has 0 aliphatic carbocycles. The lowest BCUT2D eigenvalue weighted by Crippen LogP contribution is -2.50. The molecule has 0 saturated heterocycles. The number of hydrogen-bond acceptors (Lipinski definition) is 4. The smallest absolute Gasteiger partial charge is 0.231 e. The Morgan fingerprint density at radius 1 is 0.408 bits per heavy atom. The summed E-state index contributed by atoms with van der Waals surface area (Å²) >= 11 is 0. The summed E-state index contributed by atoms with van der Waals surface area (Å²) in [7, 11) is -6.89. The van der Waals surface area contributed by atoms with Gasteiger partial charge in [0.2, 0.25) is 25.0 Å². The molecule has 0 atom stereocenters. The lowest BCUT2D eigenvalue weighted by molar-refractivity contribution is 0.333. The summed E-state index contributed by atoms with van der Waals surface area (Å²) < 4.78 is 19.5. The van der Waals surface area contributed by atoms with Gasteiger partial charge in [-0.05, 0) is 109 Å². The van der Waals surface area contributed by atoms with Crippen LogP contribution in [0.25, 0.3) is 0 Å². The number of anilines is 3. The molecule has 0 aliphatic rings. The Morgan fingerprint density at radius 3 is 0.776 bits per heavy atom. The Bertz CT molecular complexity index is 1300. The normalized spacial score (nSPS) is 11.8. The van der Waals surface area contributed by atoms with Gasteiger partial charge < -0.3 is 18.2 Å². The third-order valence-corrected chi connectivity index (χ3v) is 21.4. The number of hydrogen-bond donors (Lipinski definition) is 0. The van der Waals surface area contributed by atoms with Crippen molar-refractivity contribution in [3.8, 4) is 0 Å². The molecule has 0 heterocycles. The van der Waals surface area contributed by atoms with Crippen LogP contribution < -0.4 is 20.5 Å². The highest BCUT2D eigenvalue weighted by Gasteiger charge is 2.37. The Kier molecular flexibility index (Phi) is 15.9. The van der Waals surface area contributed by atoms with E-state index in [0.717, 1.165) is 53.3 Å². The Hall–Kier alpha value is -3.57. The molecular formula is C42H57NO3Si3. The van der Waals surface area contributed by atoms with Crippen molar-refractivity contribution in [3.05, 3.63) is 149 Å². The van der Waals surface area contributed by atoms with Crippen LogP contribution in [0.5, 0.6) is 0 Å². The largest absolute Gasteiger partial charge is 0.412 e. The SMILES string of the molecule is C=CC[Si](CC=C)(OCC)c1ccc(N(c2ccc([Si](CC=C)(CC=C)OCC)cc2)c2ccc([Si](CC=C)(CC=C)OCC)cc2)cc1. The van der Waals surface area contributed by atoms with Gasteiger partial charge in [-0.1, -0.05) is 72.9 Å². The van der Waals surface area contributed by atoms with Gasteiger partial charge in [0.1, 0.15) is 0 Å². The summed E-state index contributed by atoms with van der Waals surface area (Å²) in [4.78, 5) is 2.32.